The molecule has 0 spiro atoms. The second kappa shape index (κ2) is 7.34. The van der Waals surface area contributed by atoms with E-state index in [9.17, 15) is 14.7 Å². The Bertz CT molecular complexity index is 893. The zero-order valence-electron chi connectivity index (χ0n) is 15.7. The van der Waals surface area contributed by atoms with Crippen molar-refractivity contribution in [3.63, 3.8) is 0 Å². The normalized spacial score (nSPS) is 21.2. The minimum absolute atomic E-state index is 0.00741. The van der Waals surface area contributed by atoms with Crippen molar-refractivity contribution in [2.24, 2.45) is 5.92 Å². The van der Waals surface area contributed by atoms with Crippen molar-refractivity contribution < 1.29 is 14.3 Å². The third kappa shape index (κ3) is 3.33. The highest BCUT2D eigenvalue weighted by Crippen LogP contribution is 2.49. The second-order valence-corrected chi connectivity index (χ2v) is 7.89. The van der Waals surface area contributed by atoms with Gasteiger partial charge >= 0.3 is 5.63 Å². The molecule has 0 aliphatic heterocycles. The zero-order chi connectivity index (χ0) is 19.0. The second-order valence-electron chi connectivity index (χ2n) is 7.89. The van der Waals surface area contributed by atoms with E-state index in [1.807, 2.05) is 37.3 Å². The number of aromatic hydroxyl groups is 1. The molecule has 4 heteroatoms. The number of Topliss-reactive ketones (excluding diaryl/α,β-unsaturated/α-hetero) is 1. The summed E-state index contributed by atoms with van der Waals surface area (Å²) in [4.78, 5) is 25.8. The Kier molecular flexibility index (Phi) is 4.90. The van der Waals surface area contributed by atoms with Crippen LogP contribution in [0.1, 0.15) is 91.0 Å². The third-order valence-corrected chi connectivity index (χ3v) is 6.07. The van der Waals surface area contributed by atoms with Crippen LogP contribution in [0.15, 0.2) is 39.5 Å². The van der Waals surface area contributed by atoms with E-state index >= 15 is 0 Å². The molecule has 0 saturated heterocycles. The molecule has 142 valence electrons. The molecule has 1 aromatic carbocycles. The van der Waals surface area contributed by atoms with Gasteiger partial charge in [0.1, 0.15) is 11.5 Å². The molecule has 27 heavy (non-hydrogen) atoms. The highest BCUT2D eigenvalue weighted by molar-refractivity contribution is 6.00. The number of benzene rings is 1. The summed E-state index contributed by atoms with van der Waals surface area (Å²) in [6.07, 6.45) is 5.83. The molecule has 2 unspecified atom stereocenters. The number of ketones is 1. The van der Waals surface area contributed by atoms with Crippen molar-refractivity contribution in [3.05, 3.63) is 63.2 Å². The molecule has 4 rings (SSSR count). The van der Waals surface area contributed by atoms with E-state index in [1.165, 1.54) is 0 Å². The first-order chi connectivity index (χ1) is 13.1. The topological polar surface area (TPSA) is 67.5 Å². The van der Waals surface area contributed by atoms with Crippen LogP contribution in [-0.4, -0.2) is 10.9 Å². The van der Waals surface area contributed by atoms with Crippen LogP contribution < -0.4 is 5.63 Å². The van der Waals surface area contributed by atoms with Gasteiger partial charge in [0, 0.05) is 18.3 Å². The molecule has 0 radical (unpaired) electrons. The van der Waals surface area contributed by atoms with E-state index < -0.39 is 5.63 Å². The molecule has 1 N–H and O–H groups in total. The quantitative estimate of drug-likeness (QED) is 0.814. The number of fused-ring (bicyclic) bond motifs is 1. The van der Waals surface area contributed by atoms with Gasteiger partial charge in [-0.15, -0.1) is 0 Å². The Morgan fingerprint density at radius 1 is 1.11 bits per heavy atom. The van der Waals surface area contributed by atoms with Crippen molar-refractivity contribution in [1.82, 2.24) is 0 Å². The minimum atomic E-state index is -0.487. The van der Waals surface area contributed by atoms with Crippen molar-refractivity contribution >= 4 is 5.78 Å². The van der Waals surface area contributed by atoms with Gasteiger partial charge in [0.05, 0.1) is 11.1 Å². The molecular formula is C23H26O4. The standard InChI is InChI=1S/C23H26O4/c1-2-14-8-6-7-11-17(24)19-21(25)20(23(26)27-22(14)19)18(16-12-13-16)15-9-4-3-5-10-15/h3-5,9-10,14,16,18,25H,2,6-8,11-13H2,1H3. The predicted octanol–water partition coefficient (Wildman–Crippen LogP) is 5.14. The summed E-state index contributed by atoms with van der Waals surface area (Å²) >= 11 is 0. The maximum atomic E-state index is 13.0. The van der Waals surface area contributed by atoms with Gasteiger partial charge in [0.15, 0.2) is 5.78 Å². The average Bonchev–Trinajstić information content (AvgIpc) is 3.49. The molecular weight excluding hydrogens is 340 g/mol. The van der Waals surface area contributed by atoms with E-state index in [1.54, 1.807) is 0 Å². The van der Waals surface area contributed by atoms with Crippen LogP contribution in [0.3, 0.4) is 0 Å². The Hall–Kier alpha value is -2.36. The summed E-state index contributed by atoms with van der Waals surface area (Å²) in [7, 11) is 0. The number of carbonyl (C=O) groups excluding carboxylic acids is 1. The molecule has 1 saturated carbocycles. The fraction of sp³-hybridized carbons (Fsp3) is 0.478. The molecule has 4 nitrogen and oxygen atoms in total. The average molecular weight is 366 g/mol. The minimum Gasteiger partial charge on any atom is -0.506 e. The molecule has 1 fully saturated rings. The van der Waals surface area contributed by atoms with Crippen LogP contribution in [0.2, 0.25) is 0 Å². The molecule has 0 bridgehead atoms. The van der Waals surface area contributed by atoms with Gasteiger partial charge in [-0.1, -0.05) is 43.7 Å². The maximum absolute atomic E-state index is 13.0. The highest BCUT2D eigenvalue weighted by Gasteiger charge is 2.39. The highest BCUT2D eigenvalue weighted by atomic mass is 16.4. The molecule has 2 aromatic rings. The summed E-state index contributed by atoms with van der Waals surface area (Å²) < 4.78 is 5.77. The number of hydrogen-bond acceptors (Lipinski definition) is 4. The first-order valence-electron chi connectivity index (χ1n) is 10.1. The van der Waals surface area contributed by atoms with E-state index in [0.717, 1.165) is 44.1 Å². The molecule has 2 aliphatic carbocycles. The van der Waals surface area contributed by atoms with Crippen LogP contribution in [-0.2, 0) is 0 Å². The van der Waals surface area contributed by atoms with Gasteiger partial charge in [-0.2, -0.15) is 0 Å². The fourth-order valence-electron chi connectivity index (χ4n) is 4.47. The predicted molar refractivity (Wildman–Crippen MR) is 103 cm³/mol. The Labute approximate surface area is 159 Å². The first-order valence-corrected chi connectivity index (χ1v) is 10.1. The molecule has 1 heterocycles. The molecule has 0 amide bonds. The van der Waals surface area contributed by atoms with Crippen molar-refractivity contribution in [3.8, 4) is 5.75 Å². The van der Waals surface area contributed by atoms with Gasteiger partial charge in [-0.3, -0.25) is 4.79 Å². The van der Waals surface area contributed by atoms with Crippen LogP contribution in [0.25, 0.3) is 0 Å². The fourth-order valence-corrected chi connectivity index (χ4v) is 4.47. The third-order valence-electron chi connectivity index (χ3n) is 6.07. The number of carbonyl (C=O) groups is 1. The van der Waals surface area contributed by atoms with Gasteiger partial charge < -0.3 is 9.52 Å². The van der Waals surface area contributed by atoms with Crippen LogP contribution in [0.5, 0.6) is 5.75 Å². The summed E-state index contributed by atoms with van der Waals surface area (Å²) in [5.74, 6) is 0.264. The zero-order valence-corrected chi connectivity index (χ0v) is 15.7. The Morgan fingerprint density at radius 2 is 1.85 bits per heavy atom. The largest absolute Gasteiger partial charge is 0.506 e. The van der Waals surface area contributed by atoms with E-state index in [4.69, 9.17) is 4.42 Å². The SMILES string of the molecule is CCC1CCCCC(=O)c2c1oc(=O)c(C(c1ccccc1)C1CC1)c2O. The lowest BCUT2D eigenvalue weighted by Crippen LogP contribution is -2.22. The lowest BCUT2D eigenvalue weighted by Gasteiger charge is -2.24. The van der Waals surface area contributed by atoms with E-state index in [0.29, 0.717) is 18.1 Å². The van der Waals surface area contributed by atoms with E-state index in [2.05, 4.69) is 0 Å². The lowest BCUT2D eigenvalue weighted by molar-refractivity contribution is 0.0966. The lowest BCUT2D eigenvalue weighted by atomic mass is 9.83. The van der Waals surface area contributed by atoms with Gasteiger partial charge in [-0.05, 0) is 43.6 Å². The summed E-state index contributed by atoms with van der Waals surface area (Å²) in [6, 6.07) is 9.78. The number of hydrogen-bond donors (Lipinski definition) is 1. The summed E-state index contributed by atoms with van der Waals surface area (Å²) in [5, 5.41) is 11.1. The first kappa shape index (κ1) is 18.0. The number of rotatable bonds is 4. The van der Waals surface area contributed by atoms with Crippen molar-refractivity contribution in [2.75, 3.05) is 0 Å². The Morgan fingerprint density at radius 3 is 2.52 bits per heavy atom. The molecule has 1 aromatic heterocycles. The van der Waals surface area contributed by atoms with Gasteiger partial charge in [0.25, 0.3) is 0 Å². The smallest absolute Gasteiger partial charge is 0.343 e. The monoisotopic (exact) mass is 366 g/mol. The van der Waals surface area contributed by atoms with Crippen molar-refractivity contribution in [1.29, 1.82) is 0 Å². The summed E-state index contributed by atoms with van der Waals surface area (Å²) in [6.45, 7) is 2.03. The Balaban J connectivity index is 1.92. The van der Waals surface area contributed by atoms with Gasteiger partial charge in [0.2, 0.25) is 0 Å². The van der Waals surface area contributed by atoms with E-state index in [-0.39, 0.29) is 34.5 Å². The van der Waals surface area contributed by atoms with Crippen LogP contribution >= 0.6 is 0 Å². The molecule has 2 atom stereocenters. The molecule has 2 aliphatic rings. The summed E-state index contributed by atoms with van der Waals surface area (Å²) in [5.41, 5.74) is 1.04. The van der Waals surface area contributed by atoms with Crippen molar-refractivity contribution in [2.45, 2.75) is 63.7 Å². The van der Waals surface area contributed by atoms with Crippen LogP contribution in [0, 0.1) is 5.92 Å². The van der Waals surface area contributed by atoms with Gasteiger partial charge in [-0.25, -0.2) is 4.79 Å². The van der Waals surface area contributed by atoms with Crippen LogP contribution in [0.4, 0.5) is 0 Å². The maximum Gasteiger partial charge on any atom is 0.343 e.